The van der Waals surface area contributed by atoms with Gasteiger partial charge in [-0.1, -0.05) is 71.7 Å². The maximum Gasteiger partial charge on any atom is 0.412 e. The fraction of sp³-hybridized carbons (Fsp3) is 0.371. The van der Waals surface area contributed by atoms with Crippen molar-refractivity contribution in [2.75, 3.05) is 32.4 Å². The Morgan fingerprint density at radius 1 is 0.958 bits per heavy atom. The van der Waals surface area contributed by atoms with Crippen LogP contribution in [0.25, 0.3) is 22.2 Å². The number of sulfone groups is 1. The van der Waals surface area contributed by atoms with Gasteiger partial charge in [0, 0.05) is 35.4 Å². The number of halogens is 5. The zero-order chi connectivity index (χ0) is 34.2. The highest BCUT2D eigenvalue weighted by Gasteiger charge is 2.42. The molecule has 4 aromatic rings. The molecule has 3 aromatic carbocycles. The molecule has 0 spiro atoms. The van der Waals surface area contributed by atoms with Crippen molar-refractivity contribution >= 4 is 49.8 Å². The van der Waals surface area contributed by atoms with Crippen LogP contribution in [-0.2, 0) is 16.4 Å². The second kappa shape index (κ2) is 14.0. The predicted molar refractivity (Wildman–Crippen MR) is 182 cm³/mol. The third kappa shape index (κ3) is 7.35. The van der Waals surface area contributed by atoms with Crippen LogP contribution in [0.3, 0.4) is 0 Å². The number of alkyl halides is 3. The molecule has 1 aromatic heterocycles. The number of likely N-dealkylation sites (tertiary alicyclic amines) is 2. The van der Waals surface area contributed by atoms with Crippen molar-refractivity contribution < 1.29 is 26.4 Å². The standard InChI is InChI=1S/C35H35Cl2F3N4O3S/c1-48(46,47)29-11-7-10-25-30(34(45)42-33(35(38,39)40)22-8-3-2-4-9-22)26(21-43-18-14-24(15-19-43)44-16-5-6-17-44)31(41-32(25)29)23-12-13-27(36)28(37)20-23/h2-4,7-13,20,24,33H,5-6,14-19,21H2,1H3,(H,42,45)/t33-/m1/s1. The Kier molecular flexibility index (Phi) is 10.1. The average Bonchev–Trinajstić information content (AvgIpc) is 3.59. The summed E-state index contributed by atoms with van der Waals surface area (Å²) >= 11 is 12.7. The van der Waals surface area contributed by atoms with Crippen molar-refractivity contribution in [3.05, 3.63) is 93.5 Å². The number of piperidine rings is 1. The number of rotatable bonds is 8. The lowest BCUT2D eigenvalue weighted by atomic mass is 9.94. The van der Waals surface area contributed by atoms with E-state index in [4.69, 9.17) is 28.2 Å². The van der Waals surface area contributed by atoms with Crippen LogP contribution >= 0.6 is 23.2 Å². The largest absolute Gasteiger partial charge is 0.412 e. The number of nitrogens with zero attached hydrogens (tertiary/aromatic N) is 3. The van der Waals surface area contributed by atoms with E-state index in [9.17, 15) is 26.4 Å². The van der Waals surface area contributed by atoms with Gasteiger partial charge in [0.1, 0.15) is 0 Å². The second-order valence-corrected chi connectivity index (χ2v) is 15.3. The van der Waals surface area contributed by atoms with Gasteiger partial charge in [-0.25, -0.2) is 13.4 Å². The number of amides is 1. The number of carbonyl (C=O) groups is 1. The minimum Gasteiger partial charge on any atom is -0.337 e. The van der Waals surface area contributed by atoms with Crippen molar-refractivity contribution in [2.24, 2.45) is 0 Å². The number of hydrogen-bond donors (Lipinski definition) is 1. The topological polar surface area (TPSA) is 82.6 Å². The molecule has 3 heterocycles. The van der Waals surface area contributed by atoms with Gasteiger partial charge in [-0.3, -0.25) is 9.69 Å². The molecule has 1 atom stereocenters. The van der Waals surface area contributed by atoms with Crippen molar-refractivity contribution in [3.8, 4) is 11.3 Å². The fourth-order valence-corrected chi connectivity index (χ4v) is 8.00. The maximum atomic E-state index is 14.5. The first-order valence-corrected chi connectivity index (χ1v) is 18.5. The van der Waals surface area contributed by atoms with E-state index in [0.29, 0.717) is 30.3 Å². The first-order chi connectivity index (χ1) is 22.8. The van der Waals surface area contributed by atoms with Crippen LogP contribution in [0, 0.1) is 0 Å². The average molecular weight is 720 g/mol. The summed E-state index contributed by atoms with van der Waals surface area (Å²) in [6.45, 7) is 3.77. The van der Waals surface area contributed by atoms with E-state index in [1.807, 2.05) is 0 Å². The van der Waals surface area contributed by atoms with Crippen LogP contribution in [0.5, 0.6) is 0 Å². The molecule has 1 N–H and O–H groups in total. The molecule has 0 aliphatic carbocycles. The zero-order valence-electron chi connectivity index (χ0n) is 26.2. The minimum absolute atomic E-state index is 0.0222. The van der Waals surface area contributed by atoms with E-state index in [1.165, 1.54) is 55.3 Å². The summed E-state index contributed by atoms with van der Waals surface area (Å²) in [6.07, 6.45) is 0.398. The molecule has 6 rings (SSSR count). The van der Waals surface area contributed by atoms with Gasteiger partial charge in [0.2, 0.25) is 0 Å². The first-order valence-electron chi connectivity index (χ1n) is 15.8. The summed E-state index contributed by atoms with van der Waals surface area (Å²) in [5.74, 6) is -0.998. The number of benzene rings is 3. The van der Waals surface area contributed by atoms with Gasteiger partial charge in [0.25, 0.3) is 5.91 Å². The molecular formula is C35H35Cl2F3N4O3S. The molecule has 0 unspecified atom stereocenters. The zero-order valence-corrected chi connectivity index (χ0v) is 28.6. The van der Waals surface area contributed by atoms with Crippen LogP contribution in [-0.4, -0.2) is 73.8 Å². The number of para-hydroxylation sites is 1. The lowest BCUT2D eigenvalue weighted by Crippen LogP contribution is -2.44. The molecule has 7 nitrogen and oxygen atoms in total. The van der Waals surface area contributed by atoms with Crippen molar-refractivity contribution in [2.45, 2.75) is 55.4 Å². The predicted octanol–water partition coefficient (Wildman–Crippen LogP) is 7.71. The van der Waals surface area contributed by atoms with E-state index in [0.717, 1.165) is 32.2 Å². The van der Waals surface area contributed by atoms with E-state index in [2.05, 4.69) is 15.1 Å². The summed E-state index contributed by atoms with van der Waals surface area (Å²) < 4.78 is 69.5. The number of hydrogen-bond acceptors (Lipinski definition) is 6. The molecule has 0 saturated carbocycles. The fourth-order valence-electron chi connectivity index (χ4n) is 6.87. The monoisotopic (exact) mass is 718 g/mol. The van der Waals surface area contributed by atoms with E-state index < -0.39 is 28.0 Å². The van der Waals surface area contributed by atoms with Gasteiger partial charge >= 0.3 is 6.18 Å². The lowest BCUT2D eigenvalue weighted by molar-refractivity contribution is -0.155. The number of pyridine rings is 1. The lowest BCUT2D eigenvalue weighted by Gasteiger charge is -2.37. The molecule has 1 amide bonds. The highest BCUT2D eigenvalue weighted by atomic mass is 35.5. The Hall–Kier alpha value is -3.22. The molecule has 48 heavy (non-hydrogen) atoms. The molecule has 2 aliphatic rings. The molecule has 2 fully saturated rings. The Balaban J connectivity index is 1.53. The number of fused-ring (bicyclic) bond motifs is 1. The van der Waals surface area contributed by atoms with Crippen molar-refractivity contribution in [1.82, 2.24) is 20.1 Å². The maximum absolute atomic E-state index is 14.5. The Bertz CT molecular complexity index is 1930. The molecule has 254 valence electrons. The highest BCUT2D eigenvalue weighted by molar-refractivity contribution is 7.91. The number of nitrogens with one attached hydrogen (secondary N) is 1. The summed E-state index contributed by atoms with van der Waals surface area (Å²) in [7, 11) is -3.87. The van der Waals surface area contributed by atoms with Crippen LogP contribution in [0.2, 0.25) is 10.0 Å². The van der Waals surface area contributed by atoms with Crippen LogP contribution < -0.4 is 5.32 Å². The highest BCUT2D eigenvalue weighted by Crippen LogP contribution is 2.38. The normalized spacial score (nSPS) is 17.5. The first kappa shape index (κ1) is 34.6. The van der Waals surface area contributed by atoms with E-state index >= 15 is 0 Å². The molecule has 0 radical (unpaired) electrons. The van der Waals surface area contributed by atoms with Gasteiger partial charge in [-0.05, 0) is 75.6 Å². The van der Waals surface area contributed by atoms with Gasteiger partial charge in [-0.2, -0.15) is 13.2 Å². The smallest absolute Gasteiger partial charge is 0.337 e. The summed E-state index contributed by atoms with van der Waals surface area (Å²) in [4.78, 5) is 23.8. The van der Waals surface area contributed by atoms with Gasteiger partial charge in [0.15, 0.2) is 15.9 Å². The molecule has 0 bridgehead atoms. The number of aromatic nitrogens is 1. The van der Waals surface area contributed by atoms with Crippen molar-refractivity contribution in [3.63, 3.8) is 0 Å². The van der Waals surface area contributed by atoms with Crippen LogP contribution in [0.4, 0.5) is 13.2 Å². The number of carbonyl (C=O) groups excluding carboxylic acids is 1. The Morgan fingerprint density at radius 3 is 2.27 bits per heavy atom. The van der Waals surface area contributed by atoms with Crippen molar-refractivity contribution in [1.29, 1.82) is 0 Å². The van der Waals surface area contributed by atoms with Gasteiger partial charge < -0.3 is 10.2 Å². The summed E-state index contributed by atoms with van der Waals surface area (Å²) in [5.41, 5.74) is 0.833. The summed E-state index contributed by atoms with van der Waals surface area (Å²) in [5, 5.41) is 2.86. The summed E-state index contributed by atoms with van der Waals surface area (Å²) in [6, 6.07) is 14.4. The van der Waals surface area contributed by atoms with E-state index in [-0.39, 0.29) is 49.2 Å². The quantitative estimate of drug-likeness (QED) is 0.201. The third-order valence-corrected chi connectivity index (χ3v) is 11.1. The minimum atomic E-state index is -4.82. The Morgan fingerprint density at radius 2 is 1.65 bits per heavy atom. The molecule has 2 saturated heterocycles. The van der Waals surface area contributed by atoms with E-state index in [1.54, 1.807) is 24.3 Å². The van der Waals surface area contributed by atoms with Crippen LogP contribution in [0.1, 0.15) is 53.2 Å². The SMILES string of the molecule is CS(=O)(=O)c1cccc2c(C(=O)N[C@H](c3ccccc3)C(F)(F)F)c(CN3CCC(N4CCCC4)CC3)c(-c3ccc(Cl)c(Cl)c3)nc12. The second-order valence-electron chi connectivity index (χ2n) is 12.5. The Labute approximate surface area is 288 Å². The van der Waals surface area contributed by atoms with Gasteiger partial charge in [0.05, 0.1) is 31.7 Å². The van der Waals surface area contributed by atoms with Crippen LogP contribution in [0.15, 0.2) is 71.6 Å². The third-order valence-electron chi connectivity index (χ3n) is 9.23. The molecule has 2 aliphatic heterocycles. The molecule has 13 heteroatoms. The molecular weight excluding hydrogens is 684 g/mol. The van der Waals surface area contributed by atoms with Gasteiger partial charge in [-0.15, -0.1) is 0 Å².